The minimum Gasteiger partial charge on any atom is -0.378 e. The third-order valence-electron chi connectivity index (χ3n) is 4.02. The molecule has 1 aliphatic rings. The highest BCUT2D eigenvalue weighted by Crippen LogP contribution is 2.32. The Morgan fingerprint density at radius 2 is 1.95 bits per heavy atom. The quantitative estimate of drug-likeness (QED) is 0.825. The number of hydrogen-bond acceptors (Lipinski definition) is 4. The second kappa shape index (κ2) is 6.24. The van der Waals surface area contributed by atoms with Crippen molar-refractivity contribution in [1.82, 2.24) is 4.72 Å². The molecule has 1 saturated carbocycles. The van der Waals surface area contributed by atoms with Gasteiger partial charge in [0.05, 0.1) is 4.90 Å². The van der Waals surface area contributed by atoms with E-state index in [0.717, 1.165) is 31.4 Å². The highest BCUT2D eigenvalue weighted by Gasteiger charge is 2.37. The van der Waals surface area contributed by atoms with Crippen LogP contribution in [-0.2, 0) is 10.0 Å². The van der Waals surface area contributed by atoms with Gasteiger partial charge in [-0.3, -0.25) is 0 Å². The Kier molecular flexibility index (Phi) is 4.97. The van der Waals surface area contributed by atoms with E-state index in [0.29, 0.717) is 11.0 Å². The van der Waals surface area contributed by atoms with E-state index in [1.165, 1.54) is 0 Å². The van der Waals surface area contributed by atoms with Crippen LogP contribution in [0.2, 0.25) is 0 Å². The maximum absolute atomic E-state index is 12.7. The number of nitrogens with two attached hydrogens (primary N) is 1. The maximum atomic E-state index is 12.7. The monoisotopic (exact) mass is 375 g/mol. The molecule has 1 aromatic carbocycles. The van der Waals surface area contributed by atoms with Gasteiger partial charge in [-0.25, -0.2) is 13.1 Å². The van der Waals surface area contributed by atoms with Crippen molar-refractivity contribution in [3.05, 3.63) is 22.7 Å². The van der Waals surface area contributed by atoms with Gasteiger partial charge in [0, 0.05) is 36.3 Å². The fraction of sp³-hybridized carbons (Fsp3) is 0.571. The maximum Gasteiger partial charge on any atom is 0.242 e. The standard InChI is InChI=1S/C14H22BrN3O2S/c1-18(2)11-5-6-12(15)13(9-11)21(19,20)17-14(10-16)7-3-4-8-14/h5-6,9,17H,3-4,7-8,10,16H2,1-2H3. The van der Waals surface area contributed by atoms with Crippen LogP contribution in [0.3, 0.4) is 0 Å². The minimum atomic E-state index is -3.60. The van der Waals surface area contributed by atoms with E-state index in [9.17, 15) is 8.42 Å². The Labute approximate surface area is 135 Å². The molecule has 7 heteroatoms. The molecule has 1 fully saturated rings. The van der Waals surface area contributed by atoms with Crippen LogP contribution in [0.4, 0.5) is 5.69 Å². The Morgan fingerprint density at radius 3 is 2.48 bits per heavy atom. The zero-order chi connectivity index (χ0) is 15.7. The van der Waals surface area contributed by atoms with Crippen LogP contribution in [0, 0.1) is 0 Å². The summed E-state index contributed by atoms with van der Waals surface area (Å²) in [5.74, 6) is 0. The van der Waals surface area contributed by atoms with Crippen molar-refractivity contribution >= 4 is 31.6 Å². The zero-order valence-electron chi connectivity index (χ0n) is 12.4. The van der Waals surface area contributed by atoms with E-state index >= 15 is 0 Å². The summed E-state index contributed by atoms with van der Waals surface area (Å²) in [5, 5.41) is 0. The van der Waals surface area contributed by atoms with Gasteiger partial charge in [0.1, 0.15) is 0 Å². The van der Waals surface area contributed by atoms with E-state index in [-0.39, 0.29) is 4.90 Å². The molecule has 2 rings (SSSR count). The lowest BCUT2D eigenvalue weighted by Crippen LogP contribution is -2.51. The highest BCUT2D eigenvalue weighted by molar-refractivity contribution is 9.10. The van der Waals surface area contributed by atoms with Gasteiger partial charge in [0.2, 0.25) is 10.0 Å². The SMILES string of the molecule is CN(C)c1ccc(Br)c(S(=O)(=O)NC2(CN)CCCC2)c1. The molecule has 0 heterocycles. The highest BCUT2D eigenvalue weighted by atomic mass is 79.9. The zero-order valence-corrected chi connectivity index (χ0v) is 14.8. The van der Waals surface area contributed by atoms with Crippen LogP contribution in [0.1, 0.15) is 25.7 Å². The van der Waals surface area contributed by atoms with Crippen molar-refractivity contribution < 1.29 is 8.42 Å². The molecule has 0 amide bonds. The van der Waals surface area contributed by atoms with Crippen LogP contribution >= 0.6 is 15.9 Å². The van der Waals surface area contributed by atoms with Crippen molar-refractivity contribution in [1.29, 1.82) is 0 Å². The second-order valence-electron chi connectivity index (χ2n) is 5.81. The molecule has 0 unspecified atom stereocenters. The average molecular weight is 376 g/mol. The normalized spacial score (nSPS) is 17.9. The average Bonchev–Trinajstić information content (AvgIpc) is 2.87. The molecule has 1 aliphatic carbocycles. The lowest BCUT2D eigenvalue weighted by molar-refractivity contribution is 0.399. The number of nitrogens with zero attached hydrogens (tertiary/aromatic N) is 1. The van der Waals surface area contributed by atoms with Crippen LogP contribution in [0.5, 0.6) is 0 Å². The summed E-state index contributed by atoms with van der Waals surface area (Å²) >= 11 is 3.34. The van der Waals surface area contributed by atoms with Crippen molar-refractivity contribution in [3.63, 3.8) is 0 Å². The summed E-state index contributed by atoms with van der Waals surface area (Å²) in [5.41, 5.74) is 6.17. The second-order valence-corrected chi connectivity index (χ2v) is 8.31. The van der Waals surface area contributed by atoms with E-state index < -0.39 is 15.6 Å². The van der Waals surface area contributed by atoms with E-state index in [4.69, 9.17) is 5.73 Å². The molecule has 118 valence electrons. The van der Waals surface area contributed by atoms with Crippen molar-refractivity contribution in [3.8, 4) is 0 Å². The van der Waals surface area contributed by atoms with Gasteiger partial charge < -0.3 is 10.6 Å². The largest absolute Gasteiger partial charge is 0.378 e. The molecular formula is C14H22BrN3O2S. The number of halogens is 1. The first-order chi connectivity index (χ1) is 9.80. The van der Waals surface area contributed by atoms with Gasteiger partial charge in [0.25, 0.3) is 0 Å². The number of sulfonamides is 1. The fourth-order valence-corrected chi connectivity index (χ4v) is 5.17. The van der Waals surface area contributed by atoms with Gasteiger partial charge in [-0.2, -0.15) is 0 Å². The first-order valence-electron chi connectivity index (χ1n) is 7.01. The Balaban J connectivity index is 2.37. The van der Waals surface area contributed by atoms with Crippen LogP contribution in [0.25, 0.3) is 0 Å². The molecule has 0 spiro atoms. The number of benzene rings is 1. The van der Waals surface area contributed by atoms with Crippen LogP contribution < -0.4 is 15.4 Å². The molecule has 0 bridgehead atoms. The van der Waals surface area contributed by atoms with Gasteiger partial charge in [-0.1, -0.05) is 12.8 Å². The molecule has 0 aromatic heterocycles. The molecule has 0 saturated heterocycles. The van der Waals surface area contributed by atoms with E-state index in [1.54, 1.807) is 12.1 Å². The molecule has 1 aromatic rings. The fourth-order valence-electron chi connectivity index (χ4n) is 2.72. The van der Waals surface area contributed by atoms with Gasteiger partial charge in [-0.15, -0.1) is 0 Å². The third kappa shape index (κ3) is 3.59. The summed E-state index contributed by atoms with van der Waals surface area (Å²) in [6.45, 7) is 0.331. The molecule has 5 nitrogen and oxygen atoms in total. The first-order valence-corrected chi connectivity index (χ1v) is 9.28. The Hall–Kier alpha value is -0.630. The van der Waals surface area contributed by atoms with Gasteiger partial charge in [-0.05, 0) is 47.0 Å². The Bertz CT molecular complexity index is 611. The predicted octanol–water partition coefficient (Wildman–Crippen LogP) is 2.06. The predicted molar refractivity (Wildman–Crippen MR) is 89.0 cm³/mol. The van der Waals surface area contributed by atoms with Crippen molar-refractivity contribution in [2.75, 3.05) is 25.5 Å². The van der Waals surface area contributed by atoms with Gasteiger partial charge in [0.15, 0.2) is 0 Å². The molecule has 0 aliphatic heterocycles. The molecule has 3 N–H and O–H groups in total. The topological polar surface area (TPSA) is 75.4 Å². The van der Waals surface area contributed by atoms with Gasteiger partial charge >= 0.3 is 0 Å². The van der Waals surface area contributed by atoms with E-state index in [1.807, 2.05) is 25.1 Å². The molecular weight excluding hydrogens is 354 g/mol. The lowest BCUT2D eigenvalue weighted by Gasteiger charge is -2.28. The first kappa shape index (κ1) is 16.7. The van der Waals surface area contributed by atoms with Crippen molar-refractivity contribution in [2.45, 2.75) is 36.1 Å². The summed E-state index contributed by atoms with van der Waals surface area (Å²) < 4.78 is 28.9. The smallest absolute Gasteiger partial charge is 0.242 e. The summed E-state index contributed by atoms with van der Waals surface area (Å²) in [6.07, 6.45) is 3.62. The minimum absolute atomic E-state index is 0.258. The number of anilines is 1. The van der Waals surface area contributed by atoms with E-state index in [2.05, 4.69) is 20.7 Å². The molecule has 21 heavy (non-hydrogen) atoms. The summed E-state index contributed by atoms with van der Waals surface area (Å²) in [4.78, 5) is 2.13. The summed E-state index contributed by atoms with van der Waals surface area (Å²) in [6, 6.07) is 5.30. The van der Waals surface area contributed by atoms with Crippen LogP contribution in [-0.4, -0.2) is 34.6 Å². The lowest BCUT2D eigenvalue weighted by atomic mass is 10.0. The number of nitrogens with one attached hydrogen (secondary N) is 1. The Morgan fingerprint density at radius 1 is 1.33 bits per heavy atom. The number of rotatable bonds is 5. The number of hydrogen-bond donors (Lipinski definition) is 2. The summed E-state index contributed by atoms with van der Waals surface area (Å²) in [7, 11) is 0.156. The van der Waals surface area contributed by atoms with Crippen molar-refractivity contribution in [2.24, 2.45) is 5.73 Å². The molecule has 0 atom stereocenters. The van der Waals surface area contributed by atoms with Crippen LogP contribution in [0.15, 0.2) is 27.6 Å². The third-order valence-corrected chi connectivity index (χ3v) is 6.60. The molecule has 0 radical (unpaired) electrons.